The second kappa shape index (κ2) is 3.70. The normalized spacial score (nSPS) is 9.92. The first-order valence-electron chi connectivity index (χ1n) is 3.64. The first kappa shape index (κ1) is 9.23. The zero-order valence-corrected chi connectivity index (χ0v) is 7.56. The van der Waals surface area contributed by atoms with Crippen molar-refractivity contribution in [1.29, 1.82) is 0 Å². The average Bonchev–Trinajstić information content (AvgIpc) is 2.08. The second-order valence-electron chi connectivity index (χ2n) is 2.61. The van der Waals surface area contributed by atoms with Gasteiger partial charge in [0.25, 0.3) is 0 Å². The quantitative estimate of drug-likeness (QED) is 0.711. The molecular formula is C9H10ClNO. The molecule has 2 nitrogen and oxygen atoms in total. The van der Waals surface area contributed by atoms with Gasteiger partial charge in [-0.2, -0.15) is 0 Å². The molecule has 64 valence electrons. The van der Waals surface area contributed by atoms with Crippen molar-refractivity contribution in [3.05, 3.63) is 34.3 Å². The van der Waals surface area contributed by atoms with Crippen molar-refractivity contribution < 1.29 is 4.79 Å². The third kappa shape index (κ3) is 1.84. The van der Waals surface area contributed by atoms with Gasteiger partial charge in [0.05, 0.1) is 11.6 Å². The highest BCUT2D eigenvalue weighted by atomic mass is 35.5. The van der Waals surface area contributed by atoms with E-state index in [1.54, 1.807) is 12.1 Å². The topological polar surface area (TPSA) is 43.1 Å². The Bertz CT molecular complexity index is 309. The van der Waals surface area contributed by atoms with Crippen LogP contribution in [0.4, 0.5) is 0 Å². The molecule has 0 radical (unpaired) electrons. The van der Waals surface area contributed by atoms with Crippen molar-refractivity contribution in [2.45, 2.75) is 6.92 Å². The Kier molecular flexibility index (Phi) is 2.84. The Morgan fingerprint density at radius 1 is 1.58 bits per heavy atom. The maximum atomic E-state index is 11.2. The van der Waals surface area contributed by atoms with Gasteiger partial charge in [0.15, 0.2) is 5.78 Å². The van der Waals surface area contributed by atoms with Gasteiger partial charge in [-0.15, -0.1) is 0 Å². The lowest BCUT2D eigenvalue weighted by molar-refractivity contribution is 0.100. The number of hydrogen-bond donors (Lipinski definition) is 1. The number of benzene rings is 1. The summed E-state index contributed by atoms with van der Waals surface area (Å²) in [5, 5.41) is 0.469. The molecule has 0 amide bonds. The van der Waals surface area contributed by atoms with E-state index in [9.17, 15) is 4.79 Å². The molecule has 0 aliphatic rings. The van der Waals surface area contributed by atoms with Crippen LogP contribution in [0.2, 0.25) is 5.02 Å². The first-order chi connectivity index (χ1) is 5.65. The second-order valence-corrected chi connectivity index (χ2v) is 3.02. The van der Waals surface area contributed by atoms with E-state index in [4.69, 9.17) is 17.3 Å². The molecule has 0 aliphatic heterocycles. The minimum atomic E-state index is -0.122. The van der Waals surface area contributed by atoms with Gasteiger partial charge in [-0.1, -0.05) is 23.2 Å². The summed E-state index contributed by atoms with van der Waals surface area (Å²) in [7, 11) is 0. The third-order valence-corrected chi connectivity index (χ3v) is 1.94. The molecule has 2 N–H and O–H groups in total. The molecule has 0 aliphatic carbocycles. The predicted molar refractivity (Wildman–Crippen MR) is 49.6 cm³/mol. The van der Waals surface area contributed by atoms with Crippen LogP contribution in [-0.2, 0) is 0 Å². The monoisotopic (exact) mass is 183 g/mol. The van der Waals surface area contributed by atoms with E-state index < -0.39 is 0 Å². The van der Waals surface area contributed by atoms with E-state index in [0.29, 0.717) is 10.6 Å². The van der Waals surface area contributed by atoms with Gasteiger partial charge >= 0.3 is 0 Å². The van der Waals surface area contributed by atoms with Crippen LogP contribution >= 0.6 is 11.6 Å². The Hall–Kier alpha value is -0.860. The van der Waals surface area contributed by atoms with Gasteiger partial charge in [0, 0.05) is 5.56 Å². The van der Waals surface area contributed by atoms with Gasteiger partial charge in [0.2, 0.25) is 0 Å². The van der Waals surface area contributed by atoms with Crippen LogP contribution in [0.25, 0.3) is 0 Å². The van der Waals surface area contributed by atoms with Gasteiger partial charge in [-0.3, -0.25) is 4.79 Å². The smallest absolute Gasteiger partial charge is 0.177 e. The first-order valence-corrected chi connectivity index (χ1v) is 4.02. The molecule has 1 aromatic rings. The summed E-state index contributed by atoms with van der Waals surface area (Å²) in [5.41, 5.74) is 6.74. The van der Waals surface area contributed by atoms with Crippen molar-refractivity contribution in [2.24, 2.45) is 5.73 Å². The lowest BCUT2D eigenvalue weighted by atomic mass is 10.1. The summed E-state index contributed by atoms with van der Waals surface area (Å²) in [6, 6.07) is 5.31. The van der Waals surface area contributed by atoms with Crippen molar-refractivity contribution in [3.8, 4) is 0 Å². The number of aryl methyl sites for hydroxylation is 1. The molecule has 3 heteroatoms. The average molecular weight is 184 g/mol. The van der Waals surface area contributed by atoms with E-state index in [1.165, 1.54) is 0 Å². The Labute approximate surface area is 76.3 Å². The molecule has 1 rings (SSSR count). The Morgan fingerprint density at radius 2 is 2.25 bits per heavy atom. The van der Waals surface area contributed by atoms with Crippen LogP contribution in [0.5, 0.6) is 0 Å². The number of rotatable bonds is 2. The van der Waals surface area contributed by atoms with Gasteiger partial charge < -0.3 is 5.73 Å². The zero-order valence-electron chi connectivity index (χ0n) is 6.80. The third-order valence-electron chi connectivity index (χ3n) is 1.61. The fraction of sp³-hybridized carbons (Fsp3) is 0.222. The summed E-state index contributed by atoms with van der Waals surface area (Å²) in [4.78, 5) is 11.2. The van der Waals surface area contributed by atoms with Crippen LogP contribution in [0, 0.1) is 6.92 Å². The molecule has 0 aromatic heterocycles. The molecule has 0 spiro atoms. The van der Waals surface area contributed by atoms with Crippen LogP contribution in [-0.4, -0.2) is 12.3 Å². The number of halogens is 1. The number of carbonyl (C=O) groups is 1. The minimum absolute atomic E-state index is 0.00315. The molecule has 0 saturated heterocycles. The Balaban J connectivity index is 3.13. The summed E-state index contributed by atoms with van der Waals surface area (Å²) < 4.78 is 0. The SMILES string of the molecule is Cc1ccc(Cl)c(C(=O)CN)c1. The lowest BCUT2D eigenvalue weighted by Gasteiger charge is -2.01. The molecule has 0 fully saturated rings. The van der Waals surface area contributed by atoms with E-state index in [2.05, 4.69) is 0 Å². The summed E-state index contributed by atoms with van der Waals surface area (Å²) in [5.74, 6) is -0.122. The van der Waals surface area contributed by atoms with Crippen molar-refractivity contribution in [3.63, 3.8) is 0 Å². The fourth-order valence-corrected chi connectivity index (χ4v) is 1.19. The number of ketones is 1. The van der Waals surface area contributed by atoms with Crippen molar-refractivity contribution in [1.82, 2.24) is 0 Å². The summed E-state index contributed by atoms with van der Waals surface area (Å²) in [6.45, 7) is 1.91. The van der Waals surface area contributed by atoms with Gasteiger partial charge in [-0.05, 0) is 19.1 Å². The molecule has 0 unspecified atom stereocenters. The summed E-state index contributed by atoms with van der Waals surface area (Å²) in [6.07, 6.45) is 0. The predicted octanol–water partition coefficient (Wildman–Crippen LogP) is 1.79. The van der Waals surface area contributed by atoms with E-state index in [1.807, 2.05) is 13.0 Å². The zero-order chi connectivity index (χ0) is 9.14. The van der Waals surface area contributed by atoms with E-state index in [-0.39, 0.29) is 12.3 Å². The lowest BCUT2D eigenvalue weighted by Crippen LogP contribution is -2.14. The molecule has 0 heterocycles. The molecular weight excluding hydrogens is 174 g/mol. The number of carbonyl (C=O) groups excluding carboxylic acids is 1. The highest BCUT2D eigenvalue weighted by Gasteiger charge is 2.07. The van der Waals surface area contributed by atoms with Crippen molar-refractivity contribution in [2.75, 3.05) is 6.54 Å². The van der Waals surface area contributed by atoms with Crippen LogP contribution in [0.15, 0.2) is 18.2 Å². The van der Waals surface area contributed by atoms with Gasteiger partial charge in [0.1, 0.15) is 0 Å². The standard InChI is InChI=1S/C9H10ClNO/c1-6-2-3-8(10)7(4-6)9(12)5-11/h2-4H,5,11H2,1H3. The molecule has 0 saturated carbocycles. The molecule has 0 bridgehead atoms. The highest BCUT2D eigenvalue weighted by molar-refractivity contribution is 6.34. The number of hydrogen-bond acceptors (Lipinski definition) is 2. The van der Waals surface area contributed by atoms with E-state index in [0.717, 1.165) is 5.56 Å². The Morgan fingerprint density at radius 3 is 2.83 bits per heavy atom. The molecule has 1 aromatic carbocycles. The maximum Gasteiger partial charge on any atom is 0.177 e. The number of Topliss-reactive ketones (excluding diaryl/α,β-unsaturated/α-hetero) is 1. The van der Waals surface area contributed by atoms with Crippen LogP contribution in [0.1, 0.15) is 15.9 Å². The highest BCUT2D eigenvalue weighted by Crippen LogP contribution is 2.17. The van der Waals surface area contributed by atoms with Crippen LogP contribution in [0.3, 0.4) is 0 Å². The van der Waals surface area contributed by atoms with Crippen molar-refractivity contribution >= 4 is 17.4 Å². The molecule has 12 heavy (non-hydrogen) atoms. The molecule has 0 atom stereocenters. The van der Waals surface area contributed by atoms with Crippen LogP contribution < -0.4 is 5.73 Å². The summed E-state index contributed by atoms with van der Waals surface area (Å²) >= 11 is 5.79. The van der Waals surface area contributed by atoms with Gasteiger partial charge in [-0.25, -0.2) is 0 Å². The fourth-order valence-electron chi connectivity index (χ4n) is 0.963. The number of nitrogens with two attached hydrogens (primary N) is 1. The van der Waals surface area contributed by atoms with E-state index >= 15 is 0 Å². The largest absolute Gasteiger partial charge is 0.324 e. The minimum Gasteiger partial charge on any atom is -0.324 e. The maximum absolute atomic E-state index is 11.2.